The first-order valence-corrected chi connectivity index (χ1v) is 29.8. The number of carbonyl (C=O) groups is 3. The first-order chi connectivity index (χ1) is 35.0. The highest BCUT2D eigenvalue weighted by atomic mass is 16.6. The van der Waals surface area contributed by atoms with Crippen LogP contribution in [0.1, 0.15) is 278 Å². The summed E-state index contributed by atoms with van der Waals surface area (Å²) in [5.41, 5.74) is 0. The average Bonchev–Trinajstić information content (AvgIpc) is 3.37. The molecule has 1 unspecified atom stereocenters. The highest BCUT2D eigenvalue weighted by Crippen LogP contribution is 2.16. The molecule has 0 aromatic carbocycles. The van der Waals surface area contributed by atoms with Crippen LogP contribution in [0.25, 0.3) is 0 Å². The van der Waals surface area contributed by atoms with Crippen LogP contribution in [0.15, 0.2) is 97.2 Å². The molecule has 0 aliphatic carbocycles. The minimum atomic E-state index is -0.802. The van der Waals surface area contributed by atoms with Gasteiger partial charge in [0.05, 0.1) is 0 Å². The SMILES string of the molecule is CC/C=C\C/C=C\C/C=C\C/C=C\C/C=C\CCCCCC(=O)OCC(COC(=O)CCCCCCCCCCCCCCCCCC)OC(=O)CCCCCCC\C=C/C=C\C=C/CCCCCCC. The Labute approximate surface area is 438 Å². The summed E-state index contributed by atoms with van der Waals surface area (Å²) < 4.78 is 16.9. The summed E-state index contributed by atoms with van der Waals surface area (Å²) >= 11 is 0. The molecule has 1 atom stereocenters. The van der Waals surface area contributed by atoms with Gasteiger partial charge in [-0.05, 0) is 89.9 Å². The molecule has 0 rings (SSSR count). The Morgan fingerprint density at radius 3 is 0.986 bits per heavy atom. The molecule has 0 bridgehead atoms. The van der Waals surface area contributed by atoms with Crippen molar-refractivity contribution in [3.63, 3.8) is 0 Å². The van der Waals surface area contributed by atoms with Crippen molar-refractivity contribution < 1.29 is 28.6 Å². The molecule has 71 heavy (non-hydrogen) atoms. The minimum Gasteiger partial charge on any atom is -0.462 e. The first-order valence-electron chi connectivity index (χ1n) is 29.8. The molecule has 0 saturated heterocycles. The Morgan fingerprint density at radius 2 is 0.606 bits per heavy atom. The number of hydrogen-bond acceptors (Lipinski definition) is 6. The van der Waals surface area contributed by atoms with Crippen LogP contribution in [0.2, 0.25) is 0 Å². The molecule has 0 aromatic rings. The maximum atomic E-state index is 12.9. The van der Waals surface area contributed by atoms with E-state index in [0.717, 1.165) is 122 Å². The molecule has 0 fully saturated rings. The third-order valence-corrected chi connectivity index (χ3v) is 12.6. The fourth-order valence-corrected chi connectivity index (χ4v) is 8.18. The molecule has 6 heteroatoms. The van der Waals surface area contributed by atoms with Gasteiger partial charge in [0.1, 0.15) is 13.2 Å². The van der Waals surface area contributed by atoms with Gasteiger partial charge in [-0.25, -0.2) is 0 Å². The fourth-order valence-electron chi connectivity index (χ4n) is 8.18. The van der Waals surface area contributed by atoms with Gasteiger partial charge in [0.25, 0.3) is 0 Å². The van der Waals surface area contributed by atoms with E-state index < -0.39 is 6.10 Å². The van der Waals surface area contributed by atoms with E-state index in [-0.39, 0.29) is 31.1 Å². The monoisotopic (exact) mass is 987 g/mol. The van der Waals surface area contributed by atoms with E-state index in [1.54, 1.807) is 0 Å². The molecule has 0 aliphatic heterocycles. The van der Waals surface area contributed by atoms with E-state index >= 15 is 0 Å². The van der Waals surface area contributed by atoms with Crippen molar-refractivity contribution in [2.24, 2.45) is 0 Å². The number of hydrogen-bond donors (Lipinski definition) is 0. The molecule has 0 aromatic heterocycles. The van der Waals surface area contributed by atoms with Crippen LogP contribution >= 0.6 is 0 Å². The van der Waals surface area contributed by atoms with E-state index in [1.807, 2.05) is 0 Å². The van der Waals surface area contributed by atoms with Crippen LogP contribution in [0, 0.1) is 0 Å². The van der Waals surface area contributed by atoms with E-state index in [1.165, 1.54) is 116 Å². The number of unbranched alkanes of at least 4 members (excludes halogenated alkanes) is 28. The Hall–Kier alpha value is -3.67. The maximum absolute atomic E-state index is 12.9. The predicted octanol–water partition coefficient (Wildman–Crippen LogP) is 20.1. The number of ether oxygens (including phenoxy) is 3. The predicted molar refractivity (Wildman–Crippen MR) is 307 cm³/mol. The van der Waals surface area contributed by atoms with Crippen LogP contribution in [-0.2, 0) is 28.6 Å². The Balaban J connectivity index is 4.49. The smallest absolute Gasteiger partial charge is 0.306 e. The van der Waals surface area contributed by atoms with Crippen molar-refractivity contribution >= 4 is 17.9 Å². The lowest BCUT2D eigenvalue weighted by molar-refractivity contribution is -0.167. The van der Waals surface area contributed by atoms with Crippen LogP contribution in [-0.4, -0.2) is 37.2 Å². The maximum Gasteiger partial charge on any atom is 0.306 e. The molecule has 0 radical (unpaired) electrons. The van der Waals surface area contributed by atoms with Crippen molar-refractivity contribution in [1.82, 2.24) is 0 Å². The highest BCUT2D eigenvalue weighted by Gasteiger charge is 2.19. The highest BCUT2D eigenvalue weighted by molar-refractivity contribution is 5.71. The summed E-state index contributed by atoms with van der Waals surface area (Å²) in [5, 5.41) is 0. The van der Waals surface area contributed by atoms with E-state index in [0.29, 0.717) is 19.3 Å². The zero-order valence-electron chi connectivity index (χ0n) is 46.5. The van der Waals surface area contributed by atoms with Crippen molar-refractivity contribution in [2.75, 3.05) is 13.2 Å². The van der Waals surface area contributed by atoms with Gasteiger partial charge < -0.3 is 14.2 Å². The third kappa shape index (κ3) is 57.1. The van der Waals surface area contributed by atoms with E-state index in [2.05, 4.69) is 118 Å². The summed E-state index contributed by atoms with van der Waals surface area (Å²) in [6.07, 6.45) is 78.2. The first kappa shape index (κ1) is 67.3. The standard InChI is InChI=1S/C65H110O6/c1-4-7-10-13-16-19-22-25-28-31-33-35-37-40-43-46-49-52-55-58-64(67)70-61-62(60-69-63(66)57-54-51-48-45-42-39-36-30-27-24-21-18-15-12-9-6-3)71-65(68)59-56-53-50-47-44-41-38-34-32-29-26-23-20-17-14-11-8-5-2/h7,10,16,19,23,25-26,28-29,32-35,38,40,43,62H,4-6,8-9,11-15,17-18,20-22,24,27,30-31,36-37,39,41-42,44-61H2,1-3H3/b10-7-,19-16-,26-23-,28-25-,32-29-,35-33-,38-34-,43-40-. The lowest BCUT2D eigenvalue weighted by Gasteiger charge is -2.18. The van der Waals surface area contributed by atoms with Gasteiger partial charge in [-0.3, -0.25) is 14.4 Å². The van der Waals surface area contributed by atoms with Crippen molar-refractivity contribution in [2.45, 2.75) is 284 Å². The van der Waals surface area contributed by atoms with Crippen LogP contribution in [0.3, 0.4) is 0 Å². The molecule has 0 heterocycles. The largest absolute Gasteiger partial charge is 0.462 e. The van der Waals surface area contributed by atoms with Gasteiger partial charge in [-0.15, -0.1) is 0 Å². The zero-order valence-corrected chi connectivity index (χ0v) is 46.5. The van der Waals surface area contributed by atoms with Gasteiger partial charge in [0.2, 0.25) is 0 Å². The summed E-state index contributed by atoms with van der Waals surface area (Å²) in [6.45, 7) is 6.48. The van der Waals surface area contributed by atoms with Gasteiger partial charge in [-0.1, -0.05) is 266 Å². The van der Waals surface area contributed by atoms with Crippen LogP contribution in [0.5, 0.6) is 0 Å². The number of allylic oxidation sites excluding steroid dienone is 16. The zero-order chi connectivity index (χ0) is 51.4. The quantitative estimate of drug-likeness (QED) is 0.0199. The average molecular weight is 988 g/mol. The molecule has 0 amide bonds. The summed E-state index contributed by atoms with van der Waals surface area (Å²) in [6, 6.07) is 0. The summed E-state index contributed by atoms with van der Waals surface area (Å²) in [4.78, 5) is 38.2. The van der Waals surface area contributed by atoms with Crippen molar-refractivity contribution in [3.05, 3.63) is 97.2 Å². The van der Waals surface area contributed by atoms with E-state index in [9.17, 15) is 14.4 Å². The van der Waals surface area contributed by atoms with Crippen LogP contribution < -0.4 is 0 Å². The normalized spacial score (nSPS) is 12.8. The number of rotatable bonds is 53. The van der Waals surface area contributed by atoms with E-state index in [4.69, 9.17) is 14.2 Å². The van der Waals surface area contributed by atoms with Gasteiger partial charge in [0.15, 0.2) is 6.10 Å². The molecule has 0 saturated carbocycles. The molecule has 406 valence electrons. The molecule has 6 nitrogen and oxygen atoms in total. The molecule has 0 aliphatic rings. The van der Waals surface area contributed by atoms with Crippen molar-refractivity contribution in [3.8, 4) is 0 Å². The van der Waals surface area contributed by atoms with Crippen LogP contribution in [0.4, 0.5) is 0 Å². The Morgan fingerprint density at radius 1 is 0.310 bits per heavy atom. The summed E-state index contributed by atoms with van der Waals surface area (Å²) in [7, 11) is 0. The molecular weight excluding hydrogens is 877 g/mol. The number of esters is 3. The molecular formula is C65H110O6. The Kier molecular flexibility index (Phi) is 55.9. The van der Waals surface area contributed by atoms with Gasteiger partial charge >= 0.3 is 17.9 Å². The third-order valence-electron chi connectivity index (χ3n) is 12.6. The lowest BCUT2D eigenvalue weighted by Crippen LogP contribution is -2.30. The summed E-state index contributed by atoms with van der Waals surface area (Å²) in [5.74, 6) is -0.941. The van der Waals surface area contributed by atoms with Crippen molar-refractivity contribution in [1.29, 1.82) is 0 Å². The minimum absolute atomic E-state index is 0.0952. The fraction of sp³-hybridized carbons (Fsp3) is 0.708. The second kappa shape index (κ2) is 58.9. The molecule has 0 spiro atoms. The second-order valence-electron chi connectivity index (χ2n) is 19.6. The molecule has 0 N–H and O–H groups in total. The lowest BCUT2D eigenvalue weighted by atomic mass is 10.0. The van der Waals surface area contributed by atoms with Gasteiger partial charge in [0, 0.05) is 19.3 Å². The number of carbonyl (C=O) groups excluding carboxylic acids is 3. The Bertz CT molecular complexity index is 1410. The topological polar surface area (TPSA) is 78.9 Å². The second-order valence-corrected chi connectivity index (χ2v) is 19.6. The van der Waals surface area contributed by atoms with Gasteiger partial charge in [-0.2, -0.15) is 0 Å².